The summed E-state index contributed by atoms with van der Waals surface area (Å²) in [7, 11) is 0. The zero-order chi connectivity index (χ0) is 7.98. The summed E-state index contributed by atoms with van der Waals surface area (Å²) in [6, 6.07) is 0. The monoisotopic (exact) mass is 143 g/mol. The Bertz CT molecular complexity index is 131. The quantitative estimate of drug-likeness (QED) is 0.300. The minimum atomic E-state index is -0.134. The predicted octanol–water partition coefficient (Wildman–Crippen LogP) is 0.187. The van der Waals surface area contributed by atoms with Gasteiger partial charge in [0.2, 0.25) is 0 Å². The highest BCUT2D eigenvalue weighted by atomic mass is 16.3. The Hall–Kier alpha value is -0.900. The molecular weight excluding hydrogens is 130 g/mol. The average molecular weight is 143 g/mol. The van der Waals surface area contributed by atoms with E-state index >= 15 is 0 Å². The van der Waals surface area contributed by atoms with E-state index in [2.05, 4.69) is 10.3 Å². The third kappa shape index (κ3) is 3.19. The van der Waals surface area contributed by atoms with E-state index < -0.39 is 0 Å². The van der Waals surface area contributed by atoms with Gasteiger partial charge in [0.25, 0.3) is 0 Å². The molecule has 0 rings (SSSR count). The van der Waals surface area contributed by atoms with Gasteiger partial charge in [-0.2, -0.15) is 0 Å². The summed E-state index contributed by atoms with van der Waals surface area (Å²) < 4.78 is 0. The lowest BCUT2D eigenvalue weighted by molar-refractivity contribution is 0.284. The number of hydrogen-bond donors (Lipinski definition) is 3. The topological polar surface area (TPSA) is 68.5 Å². The van der Waals surface area contributed by atoms with Gasteiger partial charge >= 0.3 is 0 Å². The van der Waals surface area contributed by atoms with Crippen LogP contribution >= 0.6 is 0 Å². The highest BCUT2D eigenvalue weighted by Gasteiger charge is 2.00. The number of hydrogen-bond acceptors (Lipinski definition) is 2. The van der Waals surface area contributed by atoms with Crippen LogP contribution in [-0.2, 0) is 0 Å². The fourth-order valence-corrected chi connectivity index (χ4v) is 0.549. The Labute approximate surface area is 60.5 Å². The molecule has 0 aliphatic heterocycles. The smallest absolute Gasteiger partial charge is 0.114 e. The van der Waals surface area contributed by atoms with Crippen LogP contribution in [0.5, 0.6) is 0 Å². The van der Waals surface area contributed by atoms with Gasteiger partial charge in [-0.05, 0) is 0 Å². The lowest BCUT2D eigenvalue weighted by Gasteiger charge is -2.08. The highest BCUT2D eigenvalue weighted by Crippen LogP contribution is 1.92. The summed E-state index contributed by atoms with van der Waals surface area (Å²) in [5.74, 6) is 0.853. The molecule has 0 unspecified atom stereocenters. The summed E-state index contributed by atoms with van der Waals surface area (Å²) in [6.07, 6.45) is 0.956. The average Bonchev–Trinajstić information content (AvgIpc) is 1.87. The third-order valence-electron chi connectivity index (χ3n) is 1.01. The standard InChI is InChI=1S/C6H13N3O/c1-5(2)6(8-3-7)9-4-10/h3,5,10H,4H2,1-2H3,(H2,7,8,9). The Kier molecular flexibility index (Phi) is 4.49. The molecule has 0 heterocycles. The van der Waals surface area contributed by atoms with Gasteiger partial charge < -0.3 is 10.4 Å². The second kappa shape index (κ2) is 4.93. The van der Waals surface area contributed by atoms with Crippen LogP contribution in [0.25, 0.3) is 0 Å². The second-order valence-corrected chi connectivity index (χ2v) is 2.13. The summed E-state index contributed by atoms with van der Waals surface area (Å²) >= 11 is 0. The molecule has 0 radical (unpaired) electrons. The van der Waals surface area contributed by atoms with Crippen LogP contribution < -0.4 is 5.32 Å². The van der Waals surface area contributed by atoms with Crippen molar-refractivity contribution in [3.63, 3.8) is 0 Å². The van der Waals surface area contributed by atoms with Crippen molar-refractivity contribution in [3.05, 3.63) is 0 Å². The molecule has 0 aromatic heterocycles. The molecule has 0 aliphatic carbocycles. The maximum Gasteiger partial charge on any atom is 0.114 e. The number of aliphatic hydroxyl groups is 1. The molecule has 4 nitrogen and oxygen atoms in total. The van der Waals surface area contributed by atoms with E-state index in [4.69, 9.17) is 10.5 Å². The molecule has 0 amide bonds. The Morgan fingerprint density at radius 2 is 2.40 bits per heavy atom. The van der Waals surface area contributed by atoms with E-state index in [0.29, 0.717) is 5.84 Å². The fourth-order valence-electron chi connectivity index (χ4n) is 0.549. The van der Waals surface area contributed by atoms with E-state index in [-0.39, 0.29) is 12.6 Å². The van der Waals surface area contributed by atoms with Crippen LogP contribution in [0.3, 0.4) is 0 Å². The molecule has 0 spiro atoms. The van der Waals surface area contributed by atoms with E-state index in [9.17, 15) is 0 Å². The van der Waals surface area contributed by atoms with E-state index in [1.165, 1.54) is 0 Å². The number of nitrogens with one attached hydrogen (secondary N) is 2. The van der Waals surface area contributed by atoms with Gasteiger partial charge in [0.1, 0.15) is 18.9 Å². The Balaban J connectivity index is 3.97. The van der Waals surface area contributed by atoms with Crippen molar-refractivity contribution in [2.45, 2.75) is 13.8 Å². The molecule has 4 heteroatoms. The van der Waals surface area contributed by atoms with Crippen LogP contribution in [0.2, 0.25) is 0 Å². The number of aliphatic hydroxyl groups excluding tert-OH is 1. The second-order valence-electron chi connectivity index (χ2n) is 2.13. The van der Waals surface area contributed by atoms with Crippen molar-refractivity contribution < 1.29 is 5.11 Å². The van der Waals surface area contributed by atoms with Crippen molar-refractivity contribution in [1.82, 2.24) is 5.32 Å². The summed E-state index contributed by atoms with van der Waals surface area (Å²) in [5.41, 5.74) is 0. The molecule has 0 saturated carbocycles. The molecule has 3 N–H and O–H groups in total. The van der Waals surface area contributed by atoms with Gasteiger partial charge in [-0.15, -0.1) is 0 Å². The van der Waals surface area contributed by atoms with Crippen molar-refractivity contribution in [2.75, 3.05) is 6.73 Å². The van der Waals surface area contributed by atoms with Crippen LogP contribution in [-0.4, -0.2) is 24.0 Å². The summed E-state index contributed by atoms with van der Waals surface area (Å²) in [4.78, 5) is 3.70. The molecule has 0 aromatic rings. The molecule has 0 aliphatic rings. The lowest BCUT2D eigenvalue weighted by atomic mass is 10.2. The maximum absolute atomic E-state index is 8.45. The van der Waals surface area contributed by atoms with Crippen LogP contribution in [0, 0.1) is 11.3 Å². The molecule has 0 fully saturated rings. The minimum absolute atomic E-state index is 0.134. The number of rotatable bonds is 3. The molecular formula is C6H13N3O. The van der Waals surface area contributed by atoms with Gasteiger partial charge in [-0.25, -0.2) is 4.99 Å². The number of aliphatic imine (C=N–C) groups is 1. The maximum atomic E-state index is 8.45. The van der Waals surface area contributed by atoms with Gasteiger partial charge in [0, 0.05) is 5.92 Å². The summed E-state index contributed by atoms with van der Waals surface area (Å²) in [5, 5.41) is 17.8. The Morgan fingerprint density at radius 3 is 2.70 bits per heavy atom. The Morgan fingerprint density at radius 1 is 1.80 bits per heavy atom. The largest absolute Gasteiger partial charge is 0.377 e. The van der Waals surface area contributed by atoms with Crippen LogP contribution in [0.4, 0.5) is 0 Å². The van der Waals surface area contributed by atoms with Crippen molar-refractivity contribution in [1.29, 1.82) is 5.41 Å². The van der Waals surface area contributed by atoms with Gasteiger partial charge in [0.15, 0.2) is 0 Å². The van der Waals surface area contributed by atoms with Gasteiger partial charge in [0.05, 0.1) is 0 Å². The van der Waals surface area contributed by atoms with Crippen molar-refractivity contribution in [2.24, 2.45) is 10.9 Å². The normalized spacial score (nSPS) is 11.8. The number of amidine groups is 1. The molecule has 0 saturated heterocycles. The zero-order valence-electron chi connectivity index (χ0n) is 6.26. The third-order valence-corrected chi connectivity index (χ3v) is 1.01. The predicted molar refractivity (Wildman–Crippen MR) is 41.3 cm³/mol. The van der Waals surface area contributed by atoms with Gasteiger partial charge in [-0.1, -0.05) is 13.8 Å². The van der Waals surface area contributed by atoms with E-state index in [1.54, 1.807) is 0 Å². The molecule has 58 valence electrons. The lowest BCUT2D eigenvalue weighted by Crippen LogP contribution is -2.28. The van der Waals surface area contributed by atoms with Crippen molar-refractivity contribution in [3.8, 4) is 0 Å². The van der Waals surface area contributed by atoms with E-state index in [1.807, 2.05) is 13.8 Å². The molecule has 0 aromatic carbocycles. The first-order valence-corrected chi connectivity index (χ1v) is 3.13. The fraction of sp³-hybridized carbons (Fsp3) is 0.667. The van der Waals surface area contributed by atoms with Crippen molar-refractivity contribution >= 4 is 12.2 Å². The molecule has 0 bridgehead atoms. The molecule has 0 atom stereocenters. The van der Waals surface area contributed by atoms with Crippen LogP contribution in [0.1, 0.15) is 13.8 Å². The summed E-state index contributed by atoms with van der Waals surface area (Å²) in [6.45, 7) is 3.74. The first-order valence-electron chi connectivity index (χ1n) is 3.13. The first-order chi connectivity index (χ1) is 4.72. The molecule has 10 heavy (non-hydrogen) atoms. The minimum Gasteiger partial charge on any atom is -0.377 e. The van der Waals surface area contributed by atoms with Gasteiger partial charge in [-0.3, -0.25) is 5.41 Å². The van der Waals surface area contributed by atoms with E-state index in [0.717, 1.165) is 6.34 Å². The SMILES string of the molecule is CC(C)/C(=N\C=N)NCO. The zero-order valence-corrected chi connectivity index (χ0v) is 6.26. The van der Waals surface area contributed by atoms with Crippen LogP contribution in [0.15, 0.2) is 4.99 Å². The number of nitrogens with zero attached hydrogens (tertiary/aromatic N) is 1. The first kappa shape index (κ1) is 9.10. The highest BCUT2D eigenvalue weighted by molar-refractivity contribution is 5.89.